The van der Waals surface area contributed by atoms with Gasteiger partial charge in [0, 0.05) is 0 Å². The third kappa shape index (κ3) is 14.5. The molecule has 0 aromatic heterocycles. The van der Waals surface area contributed by atoms with Gasteiger partial charge in [0.15, 0.2) is 0 Å². The van der Waals surface area contributed by atoms with E-state index >= 15 is 0 Å². The van der Waals surface area contributed by atoms with E-state index in [2.05, 4.69) is 62.3 Å². The van der Waals surface area contributed by atoms with Crippen LogP contribution in [-0.4, -0.2) is 5.67 Å². The molecular weight excluding hydrogens is 415 g/mol. The SMILES string of the molecule is C.CC(C)C1CCC1.CC(C)CC1(C)CCC1.CC(C)CC1(F)CCC1.CC(C)CC1CCC1. The zero-order valence-corrected chi connectivity index (χ0v) is 24.4. The van der Waals surface area contributed by atoms with Crippen LogP contribution in [0.25, 0.3) is 0 Å². The minimum Gasteiger partial charge on any atom is -0.244 e. The zero-order chi connectivity index (χ0) is 25.1. The van der Waals surface area contributed by atoms with Crippen molar-refractivity contribution in [2.45, 2.75) is 172 Å². The minimum absolute atomic E-state index is 0. The normalized spacial score (nSPS) is 22.4. The van der Waals surface area contributed by atoms with Gasteiger partial charge in [-0.1, -0.05) is 115 Å². The van der Waals surface area contributed by atoms with E-state index in [0.29, 0.717) is 5.92 Å². The Morgan fingerprint density at radius 3 is 1.21 bits per heavy atom. The largest absolute Gasteiger partial charge is 0.244 e. The van der Waals surface area contributed by atoms with Gasteiger partial charge in [0.25, 0.3) is 0 Å². The van der Waals surface area contributed by atoms with Crippen LogP contribution in [0.4, 0.5) is 4.39 Å². The quantitative estimate of drug-likeness (QED) is 0.338. The van der Waals surface area contributed by atoms with Crippen LogP contribution in [0.15, 0.2) is 0 Å². The summed E-state index contributed by atoms with van der Waals surface area (Å²) in [5.41, 5.74) is -0.0116. The number of alkyl halides is 1. The molecule has 4 aliphatic carbocycles. The lowest BCUT2D eigenvalue weighted by Crippen LogP contribution is -2.32. The van der Waals surface area contributed by atoms with E-state index < -0.39 is 5.67 Å². The monoisotopic (exact) mass is 483 g/mol. The Morgan fingerprint density at radius 2 is 1.12 bits per heavy atom. The first-order valence-electron chi connectivity index (χ1n) is 15.0. The van der Waals surface area contributed by atoms with E-state index in [-0.39, 0.29) is 7.43 Å². The highest BCUT2D eigenvalue weighted by Crippen LogP contribution is 2.45. The molecule has 1 heteroatoms. The zero-order valence-electron chi connectivity index (χ0n) is 24.4. The summed E-state index contributed by atoms with van der Waals surface area (Å²) in [6.45, 7) is 20.5. The van der Waals surface area contributed by atoms with Crippen LogP contribution in [-0.2, 0) is 0 Å². The molecule has 0 spiro atoms. The molecule has 4 fully saturated rings. The van der Waals surface area contributed by atoms with E-state index in [1.807, 2.05) is 0 Å². The molecule has 34 heavy (non-hydrogen) atoms. The predicted octanol–water partition coefficient (Wildman–Crippen LogP) is 12.1. The maximum absolute atomic E-state index is 13.2. The third-order valence-corrected chi connectivity index (χ3v) is 8.61. The van der Waals surface area contributed by atoms with Gasteiger partial charge in [-0.3, -0.25) is 0 Å². The molecule has 0 aromatic carbocycles. The molecule has 4 aliphatic rings. The predicted molar refractivity (Wildman–Crippen MR) is 154 cm³/mol. The summed E-state index contributed by atoms with van der Waals surface area (Å²) in [5.74, 6) is 5.50. The third-order valence-electron chi connectivity index (χ3n) is 8.61. The number of hydrogen-bond acceptors (Lipinski definition) is 0. The molecule has 206 valence electrons. The van der Waals surface area contributed by atoms with Crippen molar-refractivity contribution in [1.29, 1.82) is 0 Å². The fourth-order valence-electron chi connectivity index (χ4n) is 5.97. The average Bonchev–Trinajstić information content (AvgIpc) is 2.54. The summed E-state index contributed by atoms with van der Waals surface area (Å²) in [6, 6.07) is 0. The minimum atomic E-state index is -0.756. The molecule has 0 radical (unpaired) electrons. The van der Waals surface area contributed by atoms with Crippen LogP contribution in [0.1, 0.15) is 166 Å². The Bertz CT molecular complexity index is 447. The van der Waals surface area contributed by atoms with Gasteiger partial charge in [0.2, 0.25) is 0 Å². The van der Waals surface area contributed by atoms with Crippen LogP contribution >= 0.6 is 0 Å². The fraction of sp³-hybridized carbons (Fsp3) is 1.00. The molecule has 0 atom stereocenters. The molecule has 0 saturated heterocycles. The topological polar surface area (TPSA) is 0 Å². The van der Waals surface area contributed by atoms with Crippen molar-refractivity contribution in [3.8, 4) is 0 Å². The standard InChI is InChI=1S/C9H18.C8H15F.C8H16.C7H14.CH4/c1-8(2)7-9(3)5-4-6-9;1-7(2)6-8(9)4-3-5-8;1-7(2)6-8-4-3-5-8;1-6(2)7-4-3-5-7;/h8H,4-7H2,1-3H3;7H,3-6H2,1-2H3;7-8H,3-6H2,1-2H3;6-7H,3-5H2,1-2H3;1H4. The van der Waals surface area contributed by atoms with Crippen LogP contribution in [0.2, 0.25) is 0 Å². The van der Waals surface area contributed by atoms with Crippen molar-refractivity contribution in [3.05, 3.63) is 0 Å². The molecular formula is C33H67F. The molecule has 4 rings (SSSR count). The van der Waals surface area contributed by atoms with Crippen molar-refractivity contribution in [3.63, 3.8) is 0 Å². The van der Waals surface area contributed by atoms with Crippen molar-refractivity contribution in [2.24, 2.45) is 40.9 Å². The van der Waals surface area contributed by atoms with Crippen LogP contribution in [0.3, 0.4) is 0 Å². The highest BCUT2D eigenvalue weighted by molar-refractivity contribution is 4.88. The van der Waals surface area contributed by atoms with Gasteiger partial charge in [0.05, 0.1) is 0 Å². The first-order chi connectivity index (χ1) is 15.3. The number of hydrogen-bond donors (Lipinski definition) is 0. The van der Waals surface area contributed by atoms with Gasteiger partial charge in [0.1, 0.15) is 5.67 Å². The van der Waals surface area contributed by atoms with E-state index in [4.69, 9.17) is 0 Å². The second kappa shape index (κ2) is 16.6. The van der Waals surface area contributed by atoms with E-state index in [1.165, 1.54) is 70.6 Å². The summed E-state index contributed by atoms with van der Waals surface area (Å²) in [6.07, 6.45) is 19.8. The second-order valence-corrected chi connectivity index (χ2v) is 14.2. The van der Waals surface area contributed by atoms with E-state index in [1.54, 1.807) is 0 Å². The first kappa shape index (κ1) is 33.9. The lowest BCUT2D eigenvalue weighted by molar-refractivity contribution is 0.0406. The Labute approximate surface area is 217 Å². The molecule has 0 unspecified atom stereocenters. The van der Waals surface area contributed by atoms with Gasteiger partial charge in [-0.05, 0) is 92.3 Å². The summed E-state index contributed by atoms with van der Waals surface area (Å²) in [4.78, 5) is 0. The maximum Gasteiger partial charge on any atom is 0.111 e. The highest BCUT2D eigenvalue weighted by Gasteiger charge is 2.37. The van der Waals surface area contributed by atoms with Gasteiger partial charge in [-0.25, -0.2) is 4.39 Å². The van der Waals surface area contributed by atoms with Crippen LogP contribution < -0.4 is 0 Å². The summed E-state index contributed by atoms with van der Waals surface area (Å²) >= 11 is 0. The summed E-state index contributed by atoms with van der Waals surface area (Å²) < 4.78 is 13.2. The summed E-state index contributed by atoms with van der Waals surface area (Å²) in [5, 5.41) is 0. The lowest BCUT2D eigenvalue weighted by Gasteiger charge is -2.39. The highest BCUT2D eigenvalue weighted by atomic mass is 19.1. The van der Waals surface area contributed by atoms with Crippen molar-refractivity contribution in [1.82, 2.24) is 0 Å². The number of rotatable bonds is 7. The lowest BCUT2D eigenvalue weighted by atomic mass is 9.66. The molecule has 4 saturated carbocycles. The van der Waals surface area contributed by atoms with Crippen molar-refractivity contribution >= 4 is 0 Å². The summed E-state index contributed by atoms with van der Waals surface area (Å²) in [7, 11) is 0. The van der Waals surface area contributed by atoms with Crippen LogP contribution in [0.5, 0.6) is 0 Å². The molecule has 0 nitrogen and oxygen atoms in total. The van der Waals surface area contributed by atoms with E-state index in [0.717, 1.165) is 60.7 Å². The molecule has 0 aromatic rings. The Kier molecular flexibility index (Phi) is 16.6. The first-order valence-corrected chi connectivity index (χ1v) is 15.0. The second-order valence-electron chi connectivity index (χ2n) is 14.2. The molecule has 0 bridgehead atoms. The Hall–Kier alpha value is -0.0700. The van der Waals surface area contributed by atoms with Gasteiger partial charge in [-0.15, -0.1) is 0 Å². The molecule has 0 amide bonds. The molecule has 0 heterocycles. The maximum atomic E-state index is 13.2. The average molecular weight is 483 g/mol. The number of halogens is 1. The van der Waals surface area contributed by atoms with Gasteiger partial charge >= 0.3 is 0 Å². The van der Waals surface area contributed by atoms with Crippen molar-refractivity contribution < 1.29 is 4.39 Å². The van der Waals surface area contributed by atoms with Gasteiger partial charge in [-0.2, -0.15) is 0 Å². The Balaban J connectivity index is 0.000000425. The fourth-order valence-corrected chi connectivity index (χ4v) is 5.97. The van der Waals surface area contributed by atoms with E-state index in [9.17, 15) is 4.39 Å². The van der Waals surface area contributed by atoms with Crippen LogP contribution in [0, 0.1) is 40.9 Å². The van der Waals surface area contributed by atoms with Gasteiger partial charge < -0.3 is 0 Å². The Morgan fingerprint density at radius 1 is 0.647 bits per heavy atom. The smallest absolute Gasteiger partial charge is 0.111 e. The molecule has 0 aliphatic heterocycles. The molecule has 0 N–H and O–H groups in total. The van der Waals surface area contributed by atoms with Crippen molar-refractivity contribution in [2.75, 3.05) is 0 Å².